The van der Waals surface area contributed by atoms with Crippen molar-refractivity contribution in [3.8, 4) is 0 Å². The summed E-state index contributed by atoms with van der Waals surface area (Å²) in [7, 11) is 1.57. The van der Waals surface area contributed by atoms with E-state index in [1.54, 1.807) is 12.0 Å². The molecule has 0 bridgehead atoms. The van der Waals surface area contributed by atoms with Crippen LogP contribution in [0.1, 0.15) is 4.88 Å². The highest BCUT2D eigenvalue weighted by molar-refractivity contribution is 7.10. The first-order valence-electron chi connectivity index (χ1n) is 6.85. The minimum atomic E-state index is -0.722. The molecule has 7 heteroatoms. The monoisotopic (exact) mass is 312 g/mol. The first-order chi connectivity index (χ1) is 10.1. The van der Waals surface area contributed by atoms with Gasteiger partial charge in [-0.3, -0.25) is 9.59 Å². The molecule has 2 amide bonds. The third kappa shape index (κ3) is 4.52. The maximum Gasteiger partial charge on any atom is 0.242 e. The Labute approximate surface area is 127 Å². The predicted octanol–water partition coefficient (Wildman–Crippen LogP) is -0.0313. The number of nitrogens with zero attached hydrogens (tertiary/aromatic N) is 2. The van der Waals surface area contributed by atoms with E-state index in [4.69, 9.17) is 4.74 Å². The van der Waals surface area contributed by atoms with Crippen LogP contribution in [0.2, 0.25) is 0 Å². The molecule has 1 aliphatic heterocycles. The van der Waals surface area contributed by atoms with Gasteiger partial charge in [-0.1, -0.05) is 6.07 Å². The second kappa shape index (κ2) is 7.53. The van der Waals surface area contributed by atoms with Gasteiger partial charge in [-0.15, -0.1) is 11.3 Å². The van der Waals surface area contributed by atoms with Crippen molar-refractivity contribution in [2.75, 3.05) is 39.9 Å². The Kier molecular flexibility index (Phi) is 5.72. The maximum absolute atomic E-state index is 12.3. The average Bonchev–Trinajstić information content (AvgIpc) is 2.90. The van der Waals surface area contributed by atoms with Gasteiger partial charge >= 0.3 is 0 Å². The van der Waals surface area contributed by atoms with E-state index in [2.05, 4.69) is 0 Å². The van der Waals surface area contributed by atoms with Crippen LogP contribution in [0.25, 0.3) is 0 Å². The van der Waals surface area contributed by atoms with Crippen LogP contribution in [0.3, 0.4) is 0 Å². The predicted molar refractivity (Wildman–Crippen MR) is 79.1 cm³/mol. The molecule has 0 radical (unpaired) electrons. The number of thiophene rings is 1. The van der Waals surface area contributed by atoms with Gasteiger partial charge in [0.2, 0.25) is 11.8 Å². The normalized spacial score (nSPS) is 19.7. The van der Waals surface area contributed by atoms with Crippen LogP contribution < -0.4 is 0 Å². The van der Waals surface area contributed by atoms with Gasteiger partial charge in [0.25, 0.3) is 0 Å². The molecule has 2 heterocycles. The smallest absolute Gasteiger partial charge is 0.242 e. The van der Waals surface area contributed by atoms with E-state index in [9.17, 15) is 14.7 Å². The molecule has 1 atom stereocenters. The van der Waals surface area contributed by atoms with E-state index in [0.29, 0.717) is 13.2 Å². The third-order valence-electron chi connectivity index (χ3n) is 3.36. The number of carbonyl (C=O) groups is 2. The maximum atomic E-state index is 12.3. The molecular formula is C14H20N2O4S. The van der Waals surface area contributed by atoms with Crippen LogP contribution in [0, 0.1) is 0 Å². The van der Waals surface area contributed by atoms with Crippen molar-refractivity contribution in [3.63, 3.8) is 0 Å². The molecule has 1 aliphatic rings. The van der Waals surface area contributed by atoms with Crippen molar-refractivity contribution < 1.29 is 19.4 Å². The van der Waals surface area contributed by atoms with Crippen molar-refractivity contribution in [1.82, 2.24) is 9.80 Å². The molecule has 6 nitrogen and oxygen atoms in total. The molecule has 0 aromatic carbocycles. The fourth-order valence-corrected chi connectivity index (χ4v) is 2.97. The Bertz CT molecular complexity index is 477. The van der Waals surface area contributed by atoms with Crippen molar-refractivity contribution in [2.24, 2.45) is 0 Å². The van der Waals surface area contributed by atoms with Gasteiger partial charge in [0, 0.05) is 31.6 Å². The standard InChI is InChI=1S/C14H20N2O4S/c1-20-5-4-15-8-11(17)9-16(10-14(15)19)13(18)7-12-3-2-6-21-12/h2-3,6,11,17H,4-5,7-10H2,1H3. The summed E-state index contributed by atoms with van der Waals surface area (Å²) in [6, 6.07) is 3.78. The van der Waals surface area contributed by atoms with Gasteiger partial charge in [0.15, 0.2) is 0 Å². The quantitative estimate of drug-likeness (QED) is 0.829. The molecule has 2 rings (SSSR count). The van der Waals surface area contributed by atoms with E-state index >= 15 is 0 Å². The number of hydrogen-bond donors (Lipinski definition) is 1. The minimum Gasteiger partial charge on any atom is -0.389 e. The number of ether oxygens (including phenoxy) is 1. The lowest BCUT2D eigenvalue weighted by molar-refractivity contribution is -0.138. The number of hydrogen-bond acceptors (Lipinski definition) is 5. The van der Waals surface area contributed by atoms with Crippen molar-refractivity contribution in [2.45, 2.75) is 12.5 Å². The summed E-state index contributed by atoms with van der Waals surface area (Å²) in [6.45, 7) is 1.30. The third-order valence-corrected chi connectivity index (χ3v) is 4.24. The van der Waals surface area contributed by atoms with Crippen LogP contribution in [-0.2, 0) is 20.7 Å². The number of carbonyl (C=O) groups excluding carboxylic acids is 2. The summed E-state index contributed by atoms with van der Waals surface area (Å²) < 4.78 is 4.96. The van der Waals surface area contributed by atoms with Crippen LogP contribution in [0.4, 0.5) is 0 Å². The topological polar surface area (TPSA) is 70.1 Å². The number of methoxy groups -OCH3 is 1. The zero-order valence-electron chi connectivity index (χ0n) is 12.0. The molecule has 0 saturated carbocycles. The largest absolute Gasteiger partial charge is 0.389 e. The second-order valence-corrected chi connectivity index (χ2v) is 6.05. The summed E-state index contributed by atoms with van der Waals surface area (Å²) >= 11 is 1.51. The van der Waals surface area contributed by atoms with Gasteiger partial charge in [-0.05, 0) is 11.4 Å². The Morgan fingerprint density at radius 3 is 3.00 bits per heavy atom. The SMILES string of the molecule is COCCN1CC(O)CN(C(=O)Cc2cccs2)CC1=O. The number of β-amino-alcohol motifs (C(OH)–C–C–N with tert-alkyl or cyclic N) is 1. The molecule has 116 valence electrons. The molecule has 21 heavy (non-hydrogen) atoms. The molecular weight excluding hydrogens is 292 g/mol. The van der Waals surface area contributed by atoms with E-state index in [0.717, 1.165) is 4.88 Å². The molecule has 1 aromatic heterocycles. The van der Waals surface area contributed by atoms with E-state index in [1.165, 1.54) is 16.2 Å². The molecule has 1 N–H and O–H groups in total. The first kappa shape index (κ1) is 15.9. The fourth-order valence-electron chi connectivity index (χ4n) is 2.28. The molecule has 1 unspecified atom stereocenters. The van der Waals surface area contributed by atoms with Gasteiger partial charge in [0.1, 0.15) is 0 Å². The lowest BCUT2D eigenvalue weighted by atomic mass is 10.2. The lowest BCUT2D eigenvalue weighted by Gasteiger charge is -2.21. The molecule has 0 spiro atoms. The van der Waals surface area contributed by atoms with E-state index < -0.39 is 6.10 Å². The summed E-state index contributed by atoms with van der Waals surface area (Å²) in [6.07, 6.45) is -0.448. The van der Waals surface area contributed by atoms with E-state index in [1.807, 2.05) is 17.5 Å². The highest BCUT2D eigenvalue weighted by Crippen LogP contribution is 2.12. The summed E-state index contributed by atoms with van der Waals surface area (Å²) in [5.41, 5.74) is 0. The molecule has 1 saturated heterocycles. The average molecular weight is 312 g/mol. The first-order valence-corrected chi connectivity index (χ1v) is 7.73. The number of aliphatic hydroxyl groups excluding tert-OH is 1. The molecule has 0 aliphatic carbocycles. The van der Waals surface area contributed by atoms with Crippen molar-refractivity contribution >= 4 is 23.2 Å². The molecule has 1 fully saturated rings. The van der Waals surface area contributed by atoms with Crippen molar-refractivity contribution in [1.29, 1.82) is 0 Å². The van der Waals surface area contributed by atoms with Gasteiger partial charge in [-0.2, -0.15) is 0 Å². The van der Waals surface area contributed by atoms with Crippen LogP contribution in [0.5, 0.6) is 0 Å². The van der Waals surface area contributed by atoms with Crippen LogP contribution >= 0.6 is 11.3 Å². The number of aliphatic hydroxyl groups is 1. The van der Waals surface area contributed by atoms with E-state index in [-0.39, 0.29) is 37.9 Å². The Balaban J connectivity index is 1.97. The Morgan fingerprint density at radius 1 is 1.52 bits per heavy atom. The fraction of sp³-hybridized carbons (Fsp3) is 0.571. The molecule has 1 aromatic rings. The second-order valence-electron chi connectivity index (χ2n) is 5.02. The number of amides is 2. The minimum absolute atomic E-state index is 0.0188. The van der Waals surface area contributed by atoms with Gasteiger partial charge in [0.05, 0.1) is 25.7 Å². The highest BCUT2D eigenvalue weighted by atomic mass is 32.1. The Morgan fingerprint density at radius 2 is 2.33 bits per heavy atom. The summed E-state index contributed by atoms with van der Waals surface area (Å²) in [5.74, 6) is -0.276. The highest BCUT2D eigenvalue weighted by Gasteiger charge is 2.29. The summed E-state index contributed by atoms with van der Waals surface area (Å²) in [4.78, 5) is 28.4. The Hall–Kier alpha value is -1.44. The van der Waals surface area contributed by atoms with Crippen molar-refractivity contribution in [3.05, 3.63) is 22.4 Å². The van der Waals surface area contributed by atoms with Gasteiger partial charge in [-0.25, -0.2) is 0 Å². The summed E-state index contributed by atoms with van der Waals surface area (Å²) in [5, 5.41) is 11.9. The lowest BCUT2D eigenvalue weighted by Crippen LogP contribution is -2.40. The number of rotatable bonds is 5. The van der Waals surface area contributed by atoms with Gasteiger partial charge < -0.3 is 19.6 Å². The van der Waals surface area contributed by atoms with Crippen LogP contribution in [-0.4, -0.2) is 72.7 Å². The zero-order valence-corrected chi connectivity index (χ0v) is 12.8. The zero-order chi connectivity index (χ0) is 15.2. The van der Waals surface area contributed by atoms with Crippen LogP contribution in [0.15, 0.2) is 17.5 Å².